The molecule has 0 radical (unpaired) electrons. The molecule has 7 heteroatoms. The number of hydrogen-bond acceptors (Lipinski definition) is 5. The highest BCUT2D eigenvalue weighted by Gasteiger charge is 2.19. The Morgan fingerprint density at radius 3 is 2.88 bits per heavy atom. The maximum atomic E-state index is 12.4. The molecule has 1 amide bonds. The van der Waals surface area contributed by atoms with Crippen molar-refractivity contribution in [3.05, 3.63) is 47.5 Å². The van der Waals surface area contributed by atoms with Crippen LogP contribution in [0.4, 0.5) is 5.69 Å². The van der Waals surface area contributed by atoms with Crippen molar-refractivity contribution in [1.82, 2.24) is 4.98 Å². The molecule has 0 aliphatic heterocycles. The molecule has 24 heavy (non-hydrogen) atoms. The number of carbonyl (C=O) groups excluding carboxylic acids is 1. The molecule has 1 unspecified atom stereocenters. The maximum absolute atomic E-state index is 12.4. The molecule has 3 rings (SSSR count). The lowest BCUT2D eigenvalue weighted by Crippen LogP contribution is -2.22. The molecule has 2 aromatic carbocycles. The summed E-state index contributed by atoms with van der Waals surface area (Å²) in [4.78, 5) is 16.8. The van der Waals surface area contributed by atoms with E-state index in [1.54, 1.807) is 25.1 Å². The third-order valence-corrected chi connectivity index (χ3v) is 4.52. The highest BCUT2D eigenvalue weighted by atomic mass is 35.5. The van der Waals surface area contributed by atoms with Gasteiger partial charge in [-0.05, 0) is 37.3 Å². The Balaban J connectivity index is 1.71. The van der Waals surface area contributed by atoms with Crippen molar-refractivity contribution in [2.75, 3.05) is 12.4 Å². The fourth-order valence-electron chi connectivity index (χ4n) is 2.12. The van der Waals surface area contributed by atoms with Gasteiger partial charge >= 0.3 is 0 Å². The van der Waals surface area contributed by atoms with Crippen molar-refractivity contribution in [3.8, 4) is 5.75 Å². The zero-order valence-corrected chi connectivity index (χ0v) is 14.6. The van der Waals surface area contributed by atoms with Crippen LogP contribution in [0.3, 0.4) is 0 Å². The van der Waals surface area contributed by atoms with Crippen molar-refractivity contribution in [2.45, 2.75) is 17.4 Å². The summed E-state index contributed by atoms with van der Waals surface area (Å²) < 4.78 is 10.9. The number of anilines is 1. The fourth-order valence-corrected chi connectivity index (χ4v) is 3.05. The average molecular weight is 363 g/mol. The lowest BCUT2D eigenvalue weighted by atomic mass is 10.3. The number of ether oxygens (including phenoxy) is 1. The van der Waals surface area contributed by atoms with Crippen LogP contribution in [-0.2, 0) is 4.79 Å². The van der Waals surface area contributed by atoms with Crippen LogP contribution >= 0.6 is 23.4 Å². The van der Waals surface area contributed by atoms with Gasteiger partial charge in [-0.25, -0.2) is 4.98 Å². The van der Waals surface area contributed by atoms with Gasteiger partial charge in [0.2, 0.25) is 5.91 Å². The molecule has 1 atom stereocenters. The van der Waals surface area contributed by atoms with Crippen LogP contribution in [0, 0.1) is 0 Å². The molecule has 124 valence electrons. The molecule has 0 saturated carbocycles. The zero-order chi connectivity index (χ0) is 17.1. The van der Waals surface area contributed by atoms with Crippen LogP contribution in [0.2, 0.25) is 5.02 Å². The van der Waals surface area contributed by atoms with Crippen LogP contribution in [0.25, 0.3) is 11.1 Å². The number of amides is 1. The van der Waals surface area contributed by atoms with Crippen LogP contribution in [0.15, 0.2) is 52.1 Å². The minimum atomic E-state index is -0.401. The second-order valence-electron chi connectivity index (χ2n) is 5.04. The quantitative estimate of drug-likeness (QED) is 0.671. The number of oxazole rings is 1. The van der Waals surface area contributed by atoms with Gasteiger partial charge in [0.25, 0.3) is 5.22 Å². The number of benzene rings is 2. The Morgan fingerprint density at radius 2 is 2.12 bits per heavy atom. The molecule has 1 heterocycles. The summed E-state index contributed by atoms with van der Waals surface area (Å²) in [6, 6.07) is 12.5. The summed E-state index contributed by atoms with van der Waals surface area (Å²) in [6.45, 7) is 1.78. The molecule has 0 bridgehead atoms. The standard InChI is InChI=1S/C17H15ClN2O3S/c1-10(24-17-20-12-5-3-4-6-15(12)23-17)16(21)19-13-9-11(18)7-8-14(13)22-2/h3-10H,1-2H3,(H,19,21). The first-order chi connectivity index (χ1) is 11.6. The predicted molar refractivity (Wildman–Crippen MR) is 96.0 cm³/mol. The van der Waals surface area contributed by atoms with E-state index in [-0.39, 0.29) is 5.91 Å². The highest BCUT2D eigenvalue weighted by molar-refractivity contribution is 8.00. The van der Waals surface area contributed by atoms with Gasteiger partial charge in [-0.2, -0.15) is 0 Å². The van der Waals surface area contributed by atoms with E-state index in [0.29, 0.717) is 27.3 Å². The van der Waals surface area contributed by atoms with Gasteiger partial charge in [-0.3, -0.25) is 4.79 Å². The van der Waals surface area contributed by atoms with E-state index in [2.05, 4.69) is 10.3 Å². The fraction of sp³-hybridized carbons (Fsp3) is 0.176. The number of hydrogen-bond donors (Lipinski definition) is 1. The number of fused-ring (bicyclic) bond motifs is 1. The Morgan fingerprint density at radius 1 is 1.33 bits per heavy atom. The van der Waals surface area contributed by atoms with Crippen molar-refractivity contribution < 1.29 is 13.9 Å². The summed E-state index contributed by atoms with van der Waals surface area (Å²) in [6.07, 6.45) is 0. The lowest BCUT2D eigenvalue weighted by molar-refractivity contribution is -0.115. The molecule has 0 aliphatic carbocycles. The van der Waals surface area contributed by atoms with Gasteiger partial charge in [0.05, 0.1) is 18.0 Å². The van der Waals surface area contributed by atoms with Crippen LogP contribution in [0.5, 0.6) is 5.75 Å². The number of nitrogens with zero attached hydrogens (tertiary/aromatic N) is 1. The summed E-state index contributed by atoms with van der Waals surface area (Å²) in [5.74, 6) is 0.356. The maximum Gasteiger partial charge on any atom is 0.257 e. The molecule has 1 N–H and O–H groups in total. The zero-order valence-electron chi connectivity index (χ0n) is 13.1. The van der Waals surface area contributed by atoms with E-state index in [4.69, 9.17) is 20.8 Å². The van der Waals surface area contributed by atoms with Crippen molar-refractivity contribution >= 4 is 46.1 Å². The van der Waals surface area contributed by atoms with E-state index < -0.39 is 5.25 Å². The van der Waals surface area contributed by atoms with Crippen molar-refractivity contribution in [3.63, 3.8) is 0 Å². The Bertz CT molecular complexity index is 848. The predicted octanol–water partition coefficient (Wildman–Crippen LogP) is 4.61. The third kappa shape index (κ3) is 3.66. The van der Waals surface area contributed by atoms with Gasteiger partial charge in [-0.1, -0.05) is 35.5 Å². The van der Waals surface area contributed by atoms with Gasteiger partial charge < -0.3 is 14.5 Å². The average Bonchev–Trinajstić information content (AvgIpc) is 2.97. The topological polar surface area (TPSA) is 64.4 Å². The van der Waals surface area contributed by atoms with Gasteiger partial charge in [-0.15, -0.1) is 0 Å². The largest absolute Gasteiger partial charge is 0.495 e. The minimum Gasteiger partial charge on any atom is -0.495 e. The second-order valence-corrected chi connectivity index (χ2v) is 6.77. The molecular formula is C17H15ClN2O3S. The normalized spacial score (nSPS) is 12.1. The molecule has 5 nitrogen and oxygen atoms in total. The van der Waals surface area contributed by atoms with E-state index in [1.165, 1.54) is 18.9 Å². The first-order valence-corrected chi connectivity index (χ1v) is 8.49. The molecular weight excluding hydrogens is 348 g/mol. The number of nitrogens with one attached hydrogen (secondary N) is 1. The first-order valence-electron chi connectivity index (χ1n) is 7.23. The molecule has 1 aromatic heterocycles. The van der Waals surface area contributed by atoms with Gasteiger partial charge in [0, 0.05) is 5.02 Å². The summed E-state index contributed by atoms with van der Waals surface area (Å²) in [5, 5.41) is 3.39. The molecule has 3 aromatic rings. The van der Waals surface area contributed by atoms with Crippen LogP contribution < -0.4 is 10.1 Å². The molecule has 0 saturated heterocycles. The summed E-state index contributed by atoms with van der Waals surface area (Å²) in [5.41, 5.74) is 1.99. The minimum absolute atomic E-state index is 0.192. The first kappa shape index (κ1) is 16.7. The Kier molecular flexibility index (Phi) is 4.97. The summed E-state index contributed by atoms with van der Waals surface area (Å²) in [7, 11) is 1.54. The molecule has 0 aliphatic rings. The number of para-hydroxylation sites is 2. The van der Waals surface area contributed by atoms with Crippen molar-refractivity contribution in [1.29, 1.82) is 0 Å². The van der Waals surface area contributed by atoms with Crippen LogP contribution in [0.1, 0.15) is 6.92 Å². The smallest absolute Gasteiger partial charge is 0.257 e. The number of halogens is 1. The van der Waals surface area contributed by atoms with E-state index in [1.807, 2.05) is 24.3 Å². The Labute approximate surface area is 148 Å². The number of thioether (sulfide) groups is 1. The Hall–Kier alpha value is -2.18. The SMILES string of the molecule is COc1ccc(Cl)cc1NC(=O)C(C)Sc1nc2ccccc2o1. The van der Waals surface area contributed by atoms with E-state index in [0.717, 1.165) is 5.52 Å². The van der Waals surface area contributed by atoms with Gasteiger partial charge in [0.1, 0.15) is 11.3 Å². The second kappa shape index (κ2) is 7.15. The van der Waals surface area contributed by atoms with E-state index >= 15 is 0 Å². The van der Waals surface area contributed by atoms with Crippen molar-refractivity contribution in [2.24, 2.45) is 0 Å². The molecule has 0 fully saturated rings. The monoisotopic (exact) mass is 362 g/mol. The number of rotatable bonds is 5. The summed E-state index contributed by atoms with van der Waals surface area (Å²) >= 11 is 7.23. The van der Waals surface area contributed by atoms with Gasteiger partial charge in [0.15, 0.2) is 5.58 Å². The third-order valence-electron chi connectivity index (χ3n) is 3.34. The number of carbonyl (C=O) groups is 1. The molecule has 0 spiro atoms. The van der Waals surface area contributed by atoms with E-state index in [9.17, 15) is 4.79 Å². The lowest BCUT2D eigenvalue weighted by Gasteiger charge is -2.13. The number of aromatic nitrogens is 1. The highest BCUT2D eigenvalue weighted by Crippen LogP contribution is 2.30. The van der Waals surface area contributed by atoms with Crippen LogP contribution in [-0.4, -0.2) is 23.3 Å². The number of methoxy groups -OCH3 is 1.